The van der Waals surface area contributed by atoms with Gasteiger partial charge in [-0.3, -0.25) is 4.98 Å². The molecule has 2 atom stereocenters. The van der Waals surface area contributed by atoms with E-state index in [2.05, 4.69) is 54.4 Å². The topological polar surface area (TPSA) is 78.2 Å². The van der Waals surface area contributed by atoms with Crippen molar-refractivity contribution in [3.05, 3.63) is 48.4 Å². The molecule has 0 radical (unpaired) electrons. The summed E-state index contributed by atoms with van der Waals surface area (Å²) in [5, 5.41) is 6.71. The van der Waals surface area contributed by atoms with Crippen LogP contribution in [0.1, 0.15) is 38.1 Å². The van der Waals surface area contributed by atoms with E-state index in [9.17, 15) is 0 Å². The van der Waals surface area contributed by atoms with Gasteiger partial charge in [0.15, 0.2) is 6.23 Å². The second-order valence-corrected chi connectivity index (χ2v) is 10.5. The highest BCUT2D eigenvalue weighted by atomic mass is 32.2. The molecule has 6 heterocycles. The maximum absolute atomic E-state index is 6.08. The van der Waals surface area contributed by atoms with Gasteiger partial charge in [0.2, 0.25) is 0 Å². The van der Waals surface area contributed by atoms with Crippen molar-refractivity contribution in [2.45, 2.75) is 50.4 Å². The Morgan fingerprint density at radius 3 is 2.73 bits per heavy atom. The normalized spacial score (nSPS) is 20.5. The predicted molar refractivity (Wildman–Crippen MR) is 147 cm³/mol. The van der Waals surface area contributed by atoms with E-state index in [1.165, 1.54) is 0 Å². The Morgan fingerprint density at radius 1 is 1.03 bits per heavy atom. The summed E-state index contributed by atoms with van der Waals surface area (Å²) in [5.41, 5.74) is 5.82. The quantitative estimate of drug-likeness (QED) is 0.321. The second-order valence-electron chi connectivity index (χ2n) is 9.67. The van der Waals surface area contributed by atoms with Crippen LogP contribution in [0.25, 0.3) is 33.4 Å². The maximum Gasteiger partial charge on any atom is 0.150 e. The number of hydrogen-bond acceptors (Lipinski definition) is 8. The molecule has 0 N–H and O–H groups in total. The minimum Gasteiger partial charge on any atom is -0.377 e. The average molecular weight is 517 g/mol. The zero-order chi connectivity index (χ0) is 25.4. The number of aromatic nitrogens is 5. The summed E-state index contributed by atoms with van der Waals surface area (Å²) in [4.78, 5) is 17.3. The fourth-order valence-electron chi connectivity index (χ4n) is 5.35. The molecule has 1 unspecified atom stereocenters. The molecule has 2 saturated heterocycles. The largest absolute Gasteiger partial charge is 0.377 e. The number of anilines is 1. The number of ether oxygens (including phenoxy) is 2. The number of rotatable bonds is 5. The molecular formula is C28H32N6O2S. The number of morpholine rings is 1. The molecule has 9 heteroatoms. The molecule has 4 aromatic heterocycles. The molecule has 0 aliphatic carbocycles. The van der Waals surface area contributed by atoms with Gasteiger partial charge in [-0.15, -0.1) is 11.8 Å². The van der Waals surface area contributed by atoms with Gasteiger partial charge in [0.1, 0.15) is 17.0 Å². The molecule has 0 aromatic carbocycles. The lowest BCUT2D eigenvalue weighted by Crippen LogP contribution is -2.44. The van der Waals surface area contributed by atoms with Crippen molar-refractivity contribution < 1.29 is 9.47 Å². The molecule has 0 bridgehead atoms. The first-order chi connectivity index (χ1) is 18.1. The van der Waals surface area contributed by atoms with E-state index in [4.69, 9.17) is 24.4 Å². The minimum absolute atomic E-state index is 0.0803. The van der Waals surface area contributed by atoms with Crippen LogP contribution in [0.5, 0.6) is 0 Å². The lowest BCUT2D eigenvalue weighted by molar-refractivity contribution is -0.0383. The van der Waals surface area contributed by atoms with Gasteiger partial charge in [0.25, 0.3) is 0 Å². The zero-order valence-electron chi connectivity index (χ0n) is 21.6. The Morgan fingerprint density at radius 2 is 1.95 bits per heavy atom. The van der Waals surface area contributed by atoms with Gasteiger partial charge in [-0.05, 0) is 75.3 Å². The predicted octanol–water partition coefficient (Wildman–Crippen LogP) is 5.51. The Kier molecular flexibility index (Phi) is 6.84. The second kappa shape index (κ2) is 10.4. The minimum atomic E-state index is -0.0803. The summed E-state index contributed by atoms with van der Waals surface area (Å²) in [6, 6.07) is 10.8. The summed E-state index contributed by atoms with van der Waals surface area (Å²) in [6.45, 7) is 7.19. The summed E-state index contributed by atoms with van der Waals surface area (Å²) in [5.74, 6) is 0.931. The highest BCUT2D eigenvalue weighted by Gasteiger charge is 2.25. The number of aryl methyl sites for hydroxylation is 1. The number of thioether (sulfide) groups is 1. The lowest BCUT2D eigenvalue weighted by Gasteiger charge is -2.34. The van der Waals surface area contributed by atoms with Gasteiger partial charge in [-0.1, -0.05) is 0 Å². The van der Waals surface area contributed by atoms with Crippen LogP contribution in [0.3, 0.4) is 0 Å². The molecule has 4 aromatic rings. The molecule has 8 nitrogen and oxygen atoms in total. The van der Waals surface area contributed by atoms with Crippen molar-refractivity contribution in [1.29, 1.82) is 0 Å². The van der Waals surface area contributed by atoms with Crippen LogP contribution in [-0.4, -0.2) is 63.4 Å². The van der Waals surface area contributed by atoms with E-state index in [0.29, 0.717) is 13.2 Å². The fourth-order valence-corrected chi connectivity index (χ4v) is 5.78. The van der Waals surface area contributed by atoms with Gasteiger partial charge in [-0.25, -0.2) is 14.6 Å². The SMILES string of the molecule is CSc1ccc(-c2cc(N3CCOC[C@H]3C)nc3c(-c4ccnn4C4CCCCO4)nccc23)c(C)n1. The first-order valence-electron chi connectivity index (χ1n) is 13.0. The van der Waals surface area contributed by atoms with Crippen LogP contribution in [0.2, 0.25) is 0 Å². The van der Waals surface area contributed by atoms with Gasteiger partial charge in [0, 0.05) is 42.2 Å². The van der Waals surface area contributed by atoms with E-state index >= 15 is 0 Å². The molecular weight excluding hydrogens is 484 g/mol. The van der Waals surface area contributed by atoms with Crippen molar-refractivity contribution in [3.8, 4) is 22.5 Å². The van der Waals surface area contributed by atoms with Crippen LogP contribution in [-0.2, 0) is 9.47 Å². The molecule has 0 amide bonds. The molecule has 0 saturated carbocycles. The standard InChI is InChI=1S/C28H32N6O2S/c1-18-17-35-15-13-33(18)24-16-22(20-7-8-25(37-3)31-19(20)2)21-9-11-29-28(27(21)32-24)23-10-12-30-34(23)26-6-4-5-14-36-26/h7-12,16,18,26H,4-6,13-15,17H2,1-3H3/t18-,26?/m1/s1. The van der Waals surface area contributed by atoms with Crippen LogP contribution in [0.15, 0.2) is 47.8 Å². The molecule has 2 aliphatic heterocycles. The van der Waals surface area contributed by atoms with Crippen molar-refractivity contribution in [2.24, 2.45) is 0 Å². The maximum atomic E-state index is 6.08. The highest BCUT2D eigenvalue weighted by Crippen LogP contribution is 2.38. The third-order valence-corrected chi connectivity index (χ3v) is 7.92. The molecule has 2 aliphatic rings. The Hall–Kier alpha value is -3.01. The Bertz CT molecular complexity index is 1420. The summed E-state index contributed by atoms with van der Waals surface area (Å²) >= 11 is 1.66. The average Bonchev–Trinajstić information content (AvgIpc) is 3.43. The molecule has 2 fully saturated rings. The highest BCUT2D eigenvalue weighted by molar-refractivity contribution is 7.98. The van der Waals surface area contributed by atoms with E-state index in [1.807, 2.05) is 23.1 Å². The number of nitrogens with zero attached hydrogens (tertiary/aromatic N) is 6. The smallest absolute Gasteiger partial charge is 0.150 e. The van der Waals surface area contributed by atoms with E-state index in [0.717, 1.165) is 82.4 Å². The van der Waals surface area contributed by atoms with Crippen LogP contribution >= 0.6 is 11.8 Å². The molecule has 192 valence electrons. The zero-order valence-corrected chi connectivity index (χ0v) is 22.4. The molecule has 37 heavy (non-hydrogen) atoms. The van der Waals surface area contributed by atoms with Gasteiger partial charge in [0.05, 0.1) is 30.0 Å². The fraction of sp³-hybridized carbons (Fsp3) is 0.429. The number of fused-ring (bicyclic) bond motifs is 1. The van der Waals surface area contributed by atoms with E-state index in [1.54, 1.807) is 11.8 Å². The number of hydrogen-bond donors (Lipinski definition) is 0. The third-order valence-electron chi connectivity index (χ3n) is 7.28. The van der Waals surface area contributed by atoms with Crippen molar-refractivity contribution in [3.63, 3.8) is 0 Å². The lowest BCUT2D eigenvalue weighted by atomic mass is 9.99. The first-order valence-corrected chi connectivity index (χ1v) is 14.2. The van der Waals surface area contributed by atoms with E-state index < -0.39 is 0 Å². The Labute approximate surface area is 221 Å². The van der Waals surface area contributed by atoms with Crippen LogP contribution < -0.4 is 4.90 Å². The molecule has 0 spiro atoms. The van der Waals surface area contributed by atoms with Crippen molar-refractivity contribution >= 4 is 28.5 Å². The van der Waals surface area contributed by atoms with Gasteiger partial charge >= 0.3 is 0 Å². The van der Waals surface area contributed by atoms with Gasteiger partial charge < -0.3 is 14.4 Å². The monoisotopic (exact) mass is 516 g/mol. The summed E-state index contributed by atoms with van der Waals surface area (Å²) < 4.78 is 13.8. The third kappa shape index (κ3) is 4.60. The molecule has 6 rings (SSSR count). The first kappa shape index (κ1) is 24.3. The van der Waals surface area contributed by atoms with Crippen LogP contribution in [0, 0.1) is 6.92 Å². The summed E-state index contributed by atoms with van der Waals surface area (Å²) in [7, 11) is 0. The number of pyridine rings is 3. The van der Waals surface area contributed by atoms with Crippen LogP contribution in [0.4, 0.5) is 5.82 Å². The Balaban J connectivity index is 1.57. The van der Waals surface area contributed by atoms with Crippen molar-refractivity contribution in [1.82, 2.24) is 24.7 Å². The van der Waals surface area contributed by atoms with Gasteiger partial charge in [-0.2, -0.15) is 5.10 Å². The van der Waals surface area contributed by atoms with Crippen molar-refractivity contribution in [2.75, 3.05) is 37.5 Å². The summed E-state index contributed by atoms with van der Waals surface area (Å²) in [6.07, 6.45) is 8.85. The van der Waals surface area contributed by atoms with E-state index in [-0.39, 0.29) is 12.3 Å².